The molecule has 1 saturated carbocycles. The van der Waals surface area contributed by atoms with Gasteiger partial charge in [-0.05, 0) is 56.4 Å². The Morgan fingerprint density at radius 2 is 2.03 bits per heavy atom. The van der Waals surface area contributed by atoms with Crippen LogP contribution in [-0.4, -0.2) is 50.5 Å². The lowest BCUT2D eigenvalue weighted by molar-refractivity contribution is 0.0688. The van der Waals surface area contributed by atoms with Gasteiger partial charge >= 0.3 is 5.97 Å². The van der Waals surface area contributed by atoms with Crippen molar-refractivity contribution < 1.29 is 27.9 Å². The van der Waals surface area contributed by atoms with E-state index >= 15 is 4.39 Å². The molecule has 1 N–H and O–H groups in total. The summed E-state index contributed by atoms with van der Waals surface area (Å²) in [4.78, 5) is 18.9. The number of rotatable bonds is 7. The maximum Gasteiger partial charge on any atom is 0.356 e. The van der Waals surface area contributed by atoms with Gasteiger partial charge in [0.1, 0.15) is 17.6 Å². The van der Waals surface area contributed by atoms with E-state index in [4.69, 9.17) is 20.9 Å². The van der Waals surface area contributed by atoms with Crippen molar-refractivity contribution in [3.63, 3.8) is 0 Å². The largest absolute Gasteiger partial charge is 0.487 e. The fourth-order valence-corrected chi connectivity index (χ4v) is 6.50. The SMILES string of the molecule is O=C(O)c1c(N2C3CCC2C(COc2c(-c4c(F)cccc4Cl)noc2C2CC2)C(F)C3)nc2ccccn12. The van der Waals surface area contributed by atoms with Crippen LogP contribution in [-0.2, 0) is 0 Å². The number of benzene rings is 1. The second-order valence-corrected chi connectivity index (χ2v) is 11.0. The van der Waals surface area contributed by atoms with Crippen molar-refractivity contribution in [1.29, 1.82) is 0 Å². The number of halogens is 3. The monoisotopic (exact) mass is 554 g/mol. The lowest BCUT2D eigenvalue weighted by atomic mass is 9.89. The topological polar surface area (TPSA) is 93.1 Å². The normalized spacial score (nSPS) is 24.4. The summed E-state index contributed by atoms with van der Waals surface area (Å²) in [6.45, 7) is -0.00909. The molecule has 3 aliphatic rings. The van der Waals surface area contributed by atoms with Gasteiger partial charge in [-0.15, -0.1) is 0 Å². The van der Waals surface area contributed by atoms with E-state index in [2.05, 4.69) is 10.1 Å². The number of ether oxygens (including phenoxy) is 1. The Morgan fingerprint density at radius 3 is 2.79 bits per heavy atom. The van der Waals surface area contributed by atoms with Gasteiger partial charge in [-0.3, -0.25) is 4.40 Å². The van der Waals surface area contributed by atoms with Gasteiger partial charge in [0.05, 0.1) is 17.2 Å². The number of hydrogen-bond acceptors (Lipinski definition) is 6. The molecule has 4 aromatic rings. The van der Waals surface area contributed by atoms with Crippen molar-refractivity contribution >= 4 is 29.0 Å². The predicted molar refractivity (Wildman–Crippen MR) is 139 cm³/mol. The first-order valence-corrected chi connectivity index (χ1v) is 13.5. The number of carbonyl (C=O) groups is 1. The van der Waals surface area contributed by atoms with Gasteiger partial charge in [0.15, 0.2) is 28.7 Å². The second kappa shape index (κ2) is 9.22. The van der Waals surface area contributed by atoms with Crippen LogP contribution in [0.1, 0.15) is 54.3 Å². The lowest BCUT2D eigenvalue weighted by Gasteiger charge is -2.42. The first-order chi connectivity index (χ1) is 18.9. The van der Waals surface area contributed by atoms with Crippen LogP contribution >= 0.6 is 11.6 Å². The summed E-state index contributed by atoms with van der Waals surface area (Å²) in [7, 11) is 0. The van der Waals surface area contributed by atoms with Crippen LogP contribution in [0.25, 0.3) is 16.9 Å². The molecule has 8 nitrogen and oxygen atoms in total. The number of nitrogens with zero attached hydrogens (tertiary/aromatic N) is 4. The zero-order valence-electron chi connectivity index (χ0n) is 20.8. The molecular weight excluding hydrogens is 530 g/mol. The van der Waals surface area contributed by atoms with Gasteiger partial charge in [-0.25, -0.2) is 18.6 Å². The summed E-state index contributed by atoms with van der Waals surface area (Å²) in [5, 5.41) is 14.3. The van der Waals surface area contributed by atoms with Crippen LogP contribution < -0.4 is 9.64 Å². The Bertz CT molecular complexity index is 1560. The number of anilines is 1. The van der Waals surface area contributed by atoms with Crippen LogP contribution in [0.4, 0.5) is 14.6 Å². The molecule has 11 heteroatoms. The van der Waals surface area contributed by atoms with Crippen LogP contribution in [0.3, 0.4) is 0 Å². The number of aromatic carboxylic acids is 1. The summed E-state index contributed by atoms with van der Waals surface area (Å²) in [6.07, 6.45) is 3.95. The smallest absolute Gasteiger partial charge is 0.356 e. The van der Waals surface area contributed by atoms with Gasteiger partial charge in [0.25, 0.3) is 0 Å². The predicted octanol–water partition coefficient (Wildman–Crippen LogP) is 6.13. The number of alkyl halides is 1. The number of hydrogen-bond donors (Lipinski definition) is 1. The Balaban J connectivity index is 1.23. The Kier molecular flexibility index (Phi) is 5.77. The molecule has 0 amide bonds. The summed E-state index contributed by atoms with van der Waals surface area (Å²) in [5.74, 6) is -0.942. The molecule has 4 atom stereocenters. The Labute approximate surface area is 227 Å². The number of pyridine rings is 1. The number of carboxylic acids is 1. The molecule has 202 valence electrons. The third-order valence-corrected chi connectivity index (χ3v) is 8.52. The minimum Gasteiger partial charge on any atom is -0.487 e. The zero-order valence-corrected chi connectivity index (χ0v) is 21.5. The minimum absolute atomic E-state index is 0.00909. The molecule has 5 heterocycles. The van der Waals surface area contributed by atoms with E-state index < -0.39 is 23.9 Å². The van der Waals surface area contributed by atoms with Crippen molar-refractivity contribution in [1.82, 2.24) is 14.5 Å². The van der Waals surface area contributed by atoms with Gasteiger partial charge in [-0.1, -0.05) is 28.9 Å². The van der Waals surface area contributed by atoms with Gasteiger partial charge in [0, 0.05) is 30.1 Å². The van der Waals surface area contributed by atoms with Crippen molar-refractivity contribution in [2.75, 3.05) is 11.5 Å². The summed E-state index contributed by atoms with van der Waals surface area (Å²) >= 11 is 6.32. The van der Waals surface area contributed by atoms with Crippen molar-refractivity contribution in [3.05, 3.63) is 64.9 Å². The second-order valence-electron chi connectivity index (χ2n) is 10.5. The molecular formula is C28H25ClF2N4O4. The van der Waals surface area contributed by atoms with Gasteiger partial charge in [0.2, 0.25) is 0 Å². The third-order valence-electron chi connectivity index (χ3n) is 8.20. The van der Waals surface area contributed by atoms with Crippen molar-refractivity contribution in [2.45, 2.75) is 56.3 Å². The Morgan fingerprint density at radius 1 is 1.18 bits per heavy atom. The van der Waals surface area contributed by atoms with E-state index in [9.17, 15) is 14.3 Å². The molecule has 1 aliphatic carbocycles. The fraction of sp³-hybridized carbons (Fsp3) is 0.393. The molecule has 7 rings (SSSR count). The highest BCUT2D eigenvalue weighted by Crippen LogP contribution is 2.50. The lowest BCUT2D eigenvalue weighted by Crippen LogP contribution is -2.52. The summed E-state index contributed by atoms with van der Waals surface area (Å²) in [6, 6.07) is 9.20. The molecule has 0 radical (unpaired) electrons. The maximum atomic E-state index is 15.6. The van der Waals surface area contributed by atoms with Crippen LogP contribution in [0, 0.1) is 11.7 Å². The molecule has 3 aromatic heterocycles. The number of fused-ring (bicyclic) bond motifs is 3. The van der Waals surface area contributed by atoms with Crippen LogP contribution in [0.2, 0.25) is 5.02 Å². The highest BCUT2D eigenvalue weighted by atomic mass is 35.5. The molecule has 2 saturated heterocycles. The van der Waals surface area contributed by atoms with Crippen LogP contribution in [0.5, 0.6) is 5.75 Å². The average molecular weight is 555 g/mol. The van der Waals surface area contributed by atoms with E-state index in [-0.39, 0.29) is 53.0 Å². The molecule has 39 heavy (non-hydrogen) atoms. The summed E-state index contributed by atoms with van der Waals surface area (Å²) in [5.41, 5.74) is 0.833. The number of piperidine rings is 1. The van der Waals surface area contributed by atoms with Gasteiger partial charge in [-0.2, -0.15) is 0 Å². The van der Waals surface area contributed by atoms with E-state index in [1.807, 2.05) is 4.90 Å². The number of imidazole rings is 1. The van der Waals surface area contributed by atoms with E-state index in [0.717, 1.165) is 19.3 Å². The molecule has 4 unspecified atom stereocenters. The summed E-state index contributed by atoms with van der Waals surface area (Å²) < 4.78 is 43.8. The van der Waals surface area contributed by atoms with E-state index in [1.54, 1.807) is 34.9 Å². The maximum absolute atomic E-state index is 15.6. The quantitative estimate of drug-likeness (QED) is 0.294. The number of carboxylic acid groups (broad SMARTS) is 1. The average Bonchev–Trinajstić information content (AvgIpc) is 3.42. The minimum atomic E-state index is -1.16. The van der Waals surface area contributed by atoms with E-state index in [0.29, 0.717) is 29.4 Å². The van der Waals surface area contributed by atoms with E-state index in [1.165, 1.54) is 12.1 Å². The standard InChI is InChI=1S/C28H25ClF2N4O4/c29-17-4-3-5-18(30)22(17)23-26(25(39-33-23)14-7-8-14)38-13-16-19(31)12-15-9-10-20(16)35(15)27-24(28(36)37)34-11-2-1-6-21(34)32-27/h1-6,11,14-16,19-20H,7-10,12-13H2,(H,36,37). The Hall–Kier alpha value is -3.66. The fourth-order valence-electron chi connectivity index (χ4n) is 6.25. The van der Waals surface area contributed by atoms with Crippen molar-refractivity contribution in [2.24, 2.45) is 5.92 Å². The molecule has 2 bridgehead atoms. The van der Waals surface area contributed by atoms with Crippen molar-refractivity contribution in [3.8, 4) is 17.0 Å². The zero-order chi connectivity index (χ0) is 26.8. The molecule has 3 fully saturated rings. The molecule has 1 aromatic carbocycles. The van der Waals surface area contributed by atoms with Crippen LogP contribution in [0.15, 0.2) is 47.1 Å². The first-order valence-electron chi connectivity index (χ1n) is 13.1. The highest BCUT2D eigenvalue weighted by molar-refractivity contribution is 6.33. The highest BCUT2D eigenvalue weighted by Gasteiger charge is 2.50. The number of aromatic nitrogens is 3. The molecule has 2 aliphatic heterocycles. The van der Waals surface area contributed by atoms with Gasteiger partial charge < -0.3 is 19.3 Å². The molecule has 0 spiro atoms. The first kappa shape index (κ1) is 24.4. The third kappa shape index (κ3) is 3.95.